The standard InChI is InChI=1S/C31H34N10O3S.C23H26N12O3S/c1-6-26(42)44-14-8-12-34-29-23(17-33)20(4)27(30(37-29)35-11-7-13-43-5)38-39-28-22(16-32)18-41(40-28)31-36-24-10-9-21(19(2)3)15-25(24)45-31;1-5-39(36,37)29-10-9-26-21-18(12-25)16(3)19(22(31-21)30-15(2)14-38-4)32-33-20-17(11-24)13-35(34-20)23-27-7-6-8-28-23/h6,9-10,15,18-19H,1,7-8,11-14H2,2-5H3,(H2,34,35,37);5-8,13,15,29H,1,9-10,14H2,2-4H3,(H2,26,30,31). The van der Waals surface area contributed by atoms with Crippen LogP contribution in [0.25, 0.3) is 21.3 Å². The highest BCUT2D eigenvalue weighted by molar-refractivity contribution is 7.92. The van der Waals surface area contributed by atoms with E-state index in [1.807, 2.05) is 19.1 Å². The maximum Gasteiger partial charge on any atom is 0.330 e. The van der Waals surface area contributed by atoms with Crippen molar-refractivity contribution in [3.05, 3.63) is 113 Å². The number of fused-ring (bicyclic) bond motifs is 1. The molecule has 0 radical (unpaired) electrons. The fourth-order valence-electron chi connectivity index (χ4n) is 7.50. The summed E-state index contributed by atoms with van der Waals surface area (Å²) >= 11 is 1.47. The molecule has 1 aromatic carbocycles. The third-order valence-corrected chi connectivity index (χ3v) is 13.8. The number of thiazole rings is 1. The number of pyridine rings is 2. The highest BCUT2D eigenvalue weighted by Gasteiger charge is 2.22. The van der Waals surface area contributed by atoms with Crippen molar-refractivity contribution in [2.75, 3.05) is 81.5 Å². The van der Waals surface area contributed by atoms with Gasteiger partial charge in [0, 0.05) is 88.1 Å². The van der Waals surface area contributed by atoms with E-state index >= 15 is 0 Å². The van der Waals surface area contributed by atoms with Gasteiger partial charge in [-0.15, -0.1) is 30.7 Å². The van der Waals surface area contributed by atoms with Crippen LogP contribution in [-0.4, -0.2) is 125 Å². The van der Waals surface area contributed by atoms with Crippen LogP contribution in [0.15, 0.2) is 94.2 Å². The molecule has 0 aliphatic rings. The largest absolute Gasteiger partial charge is 0.462 e. The van der Waals surface area contributed by atoms with Crippen LogP contribution in [0.3, 0.4) is 0 Å². The molecule has 1 atom stereocenters. The SMILES string of the molecule is C=CC(=O)OCCCNc1nc(NCCCOC)c(N=Nc2nn(-c3nc4ccc(C(C)C)cc4s3)cc2C#N)c(C)c1C#N.C=CS(=O)(=O)NCCNc1nc(NC(C)COC)c(N=Nc2nn(-c3ncccn3)cc2C#N)c(C)c1C#N. The van der Waals surface area contributed by atoms with Gasteiger partial charge in [-0.3, -0.25) is 0 Å². The average Bonchev–Trinajstić information content (AvgIpc) is 3.13. The van der Waals surface area contributed by atoms with Crippen LogP contribution in [0.1, 0.15) is 78.5 Å². The van der Waals surface area contributed by atoms with Crippen LogP contribution < -0.4 is 26.0 Å². The molecule has 30 heteroatoms. The zero-order chi connectivity index (χ0) is 60.8. The molecule has 0 fully saturated rings. The number of carbonyl (C=O) groups excluding carboxylic acids is 1. The van der Waals surface area contributed by atoms with Gasteiger partial charge in [0.1, 0.15) is 58.4 Å². The molecule has 84 heavy (non-hydrogen) atoms. The molecule has 0 aliphatic heterocycles. The van der Waals surface area contributed by atoms with Crippen molar-refractivity contribution in [1.82, 2.24) is 49.2 Å². The van der Waals surface area contributed by atoms with Crippen LogP contribution in [0.5, 0.6) is 0 Å². The van der Waals surface area contributed by atoms with Gasteiger partial charge in [-0.1, -0.05) is 44.4 Å². The number of esters is 1. The van der Waals surface area contributed by atoms with Gasteiger partial charge in [0.2, 0.25) is 26.8 Å². The van der Waals surface area contributed by atoms with Crippen molar-refractivity contribution in [2.24, 2.45) is 20.5 Å². The average molecular weight is 1180 g/mol. The summed E-state index contributed by atoms with van der Waals surface area (Å²) < 4.78 is 44.7. The Labute approximate surface area is 488 Å². The Morgan fingerprint density at radius 1 is 0.750 bits per heavy atom. The molecular formula is C54H60N22O6S2. The number of benzene rings is 1. The monoisotopic (exact) mass is 1180 g/mol. The minimum Gasteiger partial charge on any atom is -0.462 e. The van der Waals surface area contributed by atoms with Gasteiger partial charge < -0.3 is 35.5 Å². The third kappa shape index (κ3) is 16.8. The molecular weight excluding hydrogens is 1120 g/mol. The number of nitrogens with zero attached hydrogens (tertiary/aromatic N) is 17. The highest BCUT2D eigenvalue weighted by atomic mass is 32.2. The maximum atomic E-state index is 11.6. The molecule has 0 amide bonds. The molecule has 6 aromatic heterocycles. The first-order valence-electron chi connectivity index (χ1n) is 25.8. The van der Waals surface area contributed by atoms with Gasteiger partial charge in [-0.25, -0.2) is 52.2 Å². The predicted molar refractivity (Wildman–Crippen MR) is 315 cm³/mol. The Bertz CT molecular complexity index is 3830. The van der Waals surface area contributed by atoms with E-state index < -0.39 is 16.0 Å². The van der Waals surface area contributed by atoms with Gasteiger partial charge in [0.15, 0.2) is 11.6 Å². The number of nitrogens with one attached hydrogen (secondary N) is 5. The number of carbonyl (C=O) groups is 1. The lowest BCUT2D eigenvalue weighted by Crippen LogP contribution is -2.27. The maximum absolute atomic E-state index is 11.6. The summed E-state index contributed by atoms with van der Waals surface area (Å²) in [5.41, 5.74) is 4.47. The third-order valence-electron chi connectivity index (χ3n) is 11.8. The molecule has 0 saturated heterocycles. The number of hydrogen-bond donors (Lipinski definition) is 5. The molecule has 6 heterocycles. The summed E-state index contributed by atoms with van der Waals surface area (Å²) in [7, 11) is -0.409. The lowest BCUT2D eigenvalue weighted by atomic mass is 10.0. The smallest absolute Gasteiger partial charge is 0.330 e. The van der Waals surface area contributed by atoms with Gasteiger partial charge >= 0.3 is 5.97 Å². The molecule has 7 rings (SSSR count). The van der Waals surface area contributed by atoms with Crippen molar-refractivity contribution in [3.8, 4) is 35.4 Å². The summed E-state index contributed by atoms with van der Waals surface area (Å²) in [6.45, 7) is 18.4. The van der Waals surface area contributed by atoms with E-state index in [-0.39, 0.29) is 77.1 Å². The van der Waals surface area contributed by atoms with Crippen molar-refractivity contribution in [1.29, 1.82) is 21.0 Å². The first-order valence-corrected chi connectivity index (χ1v) is 28.2. The van der Waals surface area contributed by atoms with E-state index in [2.05, 4.69) is 139 Å². The Balaban J connectivity index is 0.000000272. The van der Waals surface area contributed by atoms with E-state index in [0.29, 0.717) is 84.5 Å². The van der Waals surface area contributed by atoms with Gasteiger partial charge in [-0.05, 0) is 63.3 Å². The fraction of sp³-hybridized carbons (Fsp3) is 0.333. The van der Waals surface area contributed by atoms with Crippen LogP contribution in [0, 0.1) is 59.2 Å². The first-order chi connectivity index (χ1) is 40.5. The van der Waals surface area contributed by atoms with Crippen LogP contribution in [0.2, 0.25) is 0 Å². The molecule has 1 unspecified atom stereocenters. The number of nitriles is 4. The minimum absolute atomic E-state index is 0.0236. The fourth-order valence-corrected chi connectivity index (χ4v) is 8.95. The Morgan fingerprint density at radius 2 is 1.33 bits per heavy atom. The van der Waals surface area contributed by atoms with Crippen molar-refractivity contribution in [2.45, 2.75) is 59.4 Å². The quantitative estimate of drug-likeness (QED) is 0.0132. The number of rotatable bonds is 28. The van der Waals surface area contributed by atoms with Crippen LogP contribution in [-0.2, 0) is 29.0 Å². The molecule has 434 valence electrons. The number of hydrogen-bond acceptors (Lipinski definition) is 26. The number of sulfonamides is 1. The summed E-state index contributed by atoms with van der Waals surface area (Å²) in [5.74, 6) is 1.55. The summed E-state index contributed by atoms with van der Waals surface area (Å²) in [6.07, 6.45) is 8.39. The first kappa shape index (κ1) is 63.2. The molecule has 5 N–H and O–H groups in total. The number of anilines is 4. The molecule has 0 aliphatic carbocycles. The van der Waals surface area contributed by atoms with Crippen molar-refractivity contribution in [3.63, 3.8) is 0 Å². The lowest BCUT2D eigenvalue weighted by Gasteiger charge is -2.18. The highest BCUT2D eigenvalue weighted by Crippen LogP contribution is 2.37. The van der Waals surface area contributed by atoms with E-state index in [1.54, 1.807) is 52.7 Å². The van der Waals surface area contributed by atoms with Crippen LogP contribution in [0.4, 0.5) is 46.3 Å². The van der Waals surface area contributed by atoms with E-state index in [4.69, 9.17) is 14.2 Å². The second-order valence-electron chi connectivity index (χ2n) is 18.2. The minimum atomic E-state index is -3.59. The molecule has 0 spiro atoms. The Kier molecular flexibility index (Phi) is 23.1. The number of azo groups is 2. The summed E-state index contributed by atoms with van der Waals surface area (Å²) in [6, 6.07) is 16.1. The molecule has 7 aromatic rings. The van der Waals surface area contributed by atoms with E-state index in [0.717, 1.165) is 21.7 Å². The Morgan fingerprint density at radius 3 is 1.92 bits per heavy atom. The number of ether oxygens (including phenoxy) is 3. The topological polar surface area (TPSA) is 384 Å². The van der Waals surface area contributed by atoms with Gasteiger partial charge in [-0.2, -0.15) is 21.0 Å². The molecule has 0 saturated carbocycles. The second kappa shape index (κ2) is 30.8. The molecule has 0 bridgehead atoms. The zero-order valence-corrected chi connectivity index (χ0v) is 48.7. The normalized spacial score (nSPS) is 11.5. The summed E-state index contributed by atoms with van der Waals surface area (Å²) in [4.78, 5) is 33.3. The van der Waals surface area contributed by atoms with Crippen LogP contribution >= 0.6 is 11.3 Å². The zero-order valence-electron chi connectivity index (χ0n) is 47.1. The van der Waals surface area contributed by atoms with Crippen molar-refractivity contribution < 1.29 is 27.4 Å². The number of methoxy groups -OCH3 is 2. The van der Waals surface area contributed by atoms with E-state index in [1.165, 1.54) is 32.5 Å². The van der Waals surface area contributed by atoms with E-state index in [9.17, 15) is 34.3 Å². The van der Waals surface area contributed by atoms with Gasteiger partial charge in [0.25, 0.3) is 5.95 Å². The van der Waals surface area contributed by atoms with Gasteiger partial charge in [0.05, 0.1) is 47.0 Å². The lowest BCUT2D eigenvalue weighted by molar-refractivity contribution is -0.137. The summed E-state index contributed by atoms with van der Waals surface area (Å²) in [5, 5.41) is 79.2. The van der Waals surface area contributed by atoms with Crippen molar-refractivity contribution >= 4 is 83.8 Å². The molecule has 28 nitrogen and oxygen atoms in total. The predicted octanol–water partition coefficient (Wildman–Crippen LogP) is 8.89. The second-order valence-corrected chi connectivity index (χ2v) is 20.9. The Hall–Kier alpha value is -9.95. The number of aromatic nitrogens is 9.